The molecule has 0 saturated heterocycles. The van der Waals surface area contributed by atoms with E-state index in [0.717, 1.165) is 18.3 Å². The first kappa shape index (κ1) is 18.1. The molecule has 1 aliphatic rings. The van der Waals surface area contributed by atoms with Crippen molar-refractivity contribution in [1.82, 2.24) is 9.36 Å². The lowest BCUT2D eigenvalue weighted by atomic mass is 9.92. The fraction of sp³-hybridized carbons (Fsp3) is 0.450. The van der Waals surface area contributed by atoms with Gasteiger partial charge < -0.3 is 0 Å². The van der Waals surface area contributed by atoms with Crippen LogP contribution in [0.15, 0.2) is 29.3 Å². The molecule has 5 nitrogen and oxygen atoms in total. The van der Waals surface area contributed by atoms with Gasteiger partial charge in [0.1, 0.15) is 5.82 Å². The van der Waals surface area contributed by atoms with Crippen molar-refractivity contribution in [1.29, 1.82) is 5.26 Å². The van der Waals surface area contributed by atoms with Gasteiger partial charge in [-0.05, 0) is 37.0 Å². The summed E-state index contributed by atoms with van der Waals surface area (Å²) in [6.45, 7) is 7.10. The van der Waals surface area contributed by atoms with Gasteiger partial charge in [0.05, 0.1) is 17.2 Å². The maximum Gasteiger partial charge on any atom is 0.282 e. The predicted octanol–water partition coefficient (Wildman–Crippen LogP) is 3.29. The molecule has 26 heavy (non-hydrogen) atoms. The zero-order valence-electron chi connectivity index (χ0n) is 15.6. The molecule has 1 aromatic carbocycles. The zero-order chi connectivity index (χ0) is 19.1. The maximum atomic E-state index is 14.1. The maximum absolute atomic E-state index is 14.1. The number of hydrogen-bond acceptors (Lipinski definition) is 2. The van der Waals surface area contributed by atoms with Crippen LogP contribution in [0.4, 0.5) is 4.39 Å². The molecule has 1 amide bonds. The van der Waals surface area contributed by atoms with E-state index in [4.69, 9.17) is 5.26 Å². The monoisotopic (exact) mass is 354 g/mol. The Morgan fingerprint density at radius 2 is 2.04 bits per heavy atom. The first-order chi connectivity index (χ1) is 12.2. The second-order valence-electron chi connectivity index (χ2n) is 7.91. The van der Waals surface area contributed by atoms with E-state index in [2.05, 4.69) is 25.8 Å². The molecule has 0 radical (unpaired) electrons. The van der Waals surface area contributed by atoms with Crippen molar-refractivity contribution >= 4 is 5.91 Å². The minimum absolute atomic E-state index is 0.108. The van der Waals surface area contributed by atoms with Crippen LogP contribution in [0.25, 0.3) is 0 Å². The molecule has 136 valence electrons. The summed E-state index contributed by atoms with van der Waals surface area (Å²) in [7, 11) is 1.96. The van der Waals surface area contributed by atoms with Gasteiger partial charge in [0.25, 0.3) is 5.91 Å². The SMILES string of the molecule is Cn1c(C(C)(C)C)cc(=NC(=O)c2cc(C#N)ccc2F)n1CC1CC1. The summed E-state index contributed by atoms with van der Waals surface area (Å²) in [5.41, 5.74) is 1.53. The van der Waals surface area contributed by atoms with Gasteiger partial charge in [-0.2, -0.15) is 10.3 Å². The van der Waals surface area contributed by atoms with Crippen LogP contribution in [-0.4, -0.2) is 15.3 Å². The smallest absolute Gasteiger partial charge is 0.282 e. The third-order valence-electron chi connectivity index (χ3n) is 4.68. The number of nitriles is 1. The average Bonchev–Trinajstić information content (AvgIpc) is 3.33. The van der Waals surface area contributed by atoms with Crippen LogP contribution < -0.4 is 5.49 Å². The highest BCUT2D eigenvalue weighted by Crippen LogP contribution is 2.30. The van der Waals surface area contributed by atoms with Gasteiger partial charge in [0.2, 0.25) is 0 Å². The van der Waals surface area contributed by atoms with E-state index >= 15 is 0 Å². The molecule has 0 N–H and O–H groups in total. The molecule has 1 fully saturated rings. The lowest BCUT2D eigenvalue weighted by molar-refractivity contribution is 0.0992. The van der Waals surface area contributed by atoms with E-state index in [0.29, 0.717) is 11.4 Å². The third kappa shape index (κ3) is 3.62. The van der Waals surface area contributed by atoms with Crippen LogP contribution in [0.2, 0.25) is 0 Å². The number of amides is 1. The first-order valence-corrected chi connectivity index (χ1v) is 8.76. The molecule has 0 atom stereocenters. The van der Waals surface area contributed by atoms with Gasteiger partial charge in [-0.25, -0.2) is 4.39 Å². The van der Waals surface area contributed by atoms with Crippen molar-refractivity contribution < 1.29 is 9.18 Å². The number of nitrogens with zero attached hydrogens (tertiary/aromatic N) is 4. The van der Waals surface area contributed by atoms with E-state index in [1.807, 2.05) is 28.5 Å². The van der Waals surface area contributed by atoms with E-state index in [9.17, 15) is 9.18 Å². The summed E-state index contributed by atoms with van der Waals surface area (Å²) in [5, 5.41) is 8.98. The molecular formula is C20H23FN4O. The average molecular weight is 354 g/mol. The number of benzene rings is 1. The molecule has 1 saturated carbocycles. The summed E-state index contributed by atoms with van der Waals surface area (Å²) in [4.78, 5) is 16.8. The number of halogens is 1. The van der Waals surface area contributed by atoms with E-state index < -0.39 is 11.7 Å². The minimum atomic E-state index is -0.671. The molecule has 3 rings (SSSR count). The zero-order valence-corrected chi connectivity index (χ0v) is 15.6. The molecule has 1 aliphatic carbocycles. The summed E-state index contributed by atoms with van der Waals surface area (Å²) < 4.78 is 18.1. The van der Waals surface area contributed by atoms with Gasteiger partial charge in [-0.15, -0.1) is 0 Å². The number of carbonyl (C=O) groups excluding carboxylic acids is 1. The Labute approximate surface area is 152 Å². The number of aromatic nitrogens is 2. The van der Waals surface area contributed by atoms with Crippen molar-refractivity contribution in [3.63, 3.8) is 0 Å². The van der Waals surface area contributed by atoms with Crippen molar-refractivity contribution in [2.24, 2.45) is 18.0 Å². The predicted molar refractivity (Wildman–Crippen MR) is 95.8 cm³/mol. The summed E-state index contributed by atoms with van der Waals surface area (Å²) in [5.74, 6) is -0.738. The second kappa shape index (κ2) is 6.56. The summed E-state index contributed by atoms with van der Waals surface area (Å²) in [6, 6.07) is 7.54. The Kier molecular flexibility index (Phi) is 4.57. The quantitative estimate of drug-likeness (QED) is 0.849. The van der Waals surface area contributed by atoms with Crippen LogP contribution in [-0.2, 0) is 19.0 Å². The van der Waals surface area contributed by atoms with E-state index in [-0.39, 0.29) is 16.5 Å². The molecule has 6 heteroatoms. The largest absolute Gasteiger partial charge is 0.291 e. The second-order valence-corrected chi connectivity index (χ2v) is 7.91. The Bertz CT molecular complexity index is 965. The highest BCUT2D eigenvalue weighted by molar-refractivity contribution is 5.95. The van der Waals surface area contributed by atoms with E-state index in [1.54, 1.807) is 0 Å². The highest BCUT2D eigenvalue weighted by Gasteiger charge is 2.26. The number of carbonyl (C=O) groups is 1. The van der Waals surface area contributed by atoms with Crippen molar-refractivity contribution in [2.45, 2.75) is 45.6 Å². The van der Waals surface area contributed by atoms with Crippen molar-refractivity contribution in [3.05, 3.63) is 52.4 Å². The Morgan fingerprint density at radius 1 is 1.35 bits per heavy atom. The normalized spacial score (nSPS) is 15.2. The molecule has 2 aromatic rings. The molecule has 0 bridgehead atoms. The van der Waals surface area contributed by atoms with Gasteiger partial charge in [-0.1, -0.05) is 20.8 Å². The van der Waals surface area contributed by atoms with Crippen LogP contribution in [0.3, 0.4) is 0 Å². The van der Waals surface area contributed by atoms with E-state index in [1.165, 1.54) is 25.0 Å². The third-order valence-corrected chi connectivity index (χ3v) is 4.68. The lowest BCUT2D eigenvalue weighted by Gasteiger charge is -2.20. The van der Waals surface area contributed by atoms with Gasteiger partial charge in [0.15, 0.2) is 5.49 Å². The minimum Gasteiger partial charge on any atom is -0.291 e. The van der Waals surface area contributed by atoms with Gasteiger partial charge >= 0.3 is 0 Å². The molecule has 1 aromatic heterocycles. The molecule has 1 heterocycles. The van der Waals surface area contributed by atoms with Crippen LogP contribution >= 0.6 is 0 Å². The highest BCUT2D eigenvalue weighted by atomic mass is 19.1. The van der Waals surface area contributed by atoms with Gasteiger partial charge in [0, 0.05) is 30.8 Å². The van der Waals surface area contributed by atoms with Crippen LogP contribution in [0.1, 0.15) is 55.2 Å². The number of rotatable bonds is 3. The summed E-state index contributed by atoms with van der Waals surface area (Å²) in [6.07, 6.45) is 2.35. The topological polar surface area (TPSA) is 63.1 Å². The Morgan fingerprint density at radius 3 is 2.62 bits per heavy atom. The van der Waals surface area contributed by atoms with Crippen molar-refractivity contribution in [2.75, 3.05) is 0 Å². The van der Waals surface area contributed by atoms with Crippen molar-refractivity contribution in [3.8, 4) is 6.07 Å². The molecular weight excluding hydrogens is 331 g/mol. The Balaban J connectivity index is 2.10. The van der Waals surface area contributed by atoms with Gasteiger partial charge in [-0.3, -0.25) is 14.2 Å². The van der Waals surface area contributed by atoms with Crippen LogP contribution in [0.5, 0.6) is 0 Å². The summed E-state index contributed by atoms with van der Waals surface area (Å²) >= 11 is 0. The first-order valence-electron chi connectivity index (χ1n) is 8.76. The molecule has 0 unspecified atom stereocenters. The molecule has 0 spiro atoms. The fourth-order valence-corrected chi connectivity index (χ4v) is 3.05. The Hall–Kier alpha value is -2.68. The molecule has 0 aliphatic heterocycles. The van der Waals surface area contributed by atoms with Crippen LogP contribution in [0, 0.1) is 23.1 Å². The number of hydrogen-bond donors (Lipinski definition) is 0. The lowest BCUT2D eigenvalue weighted by Crippen LogP contribution is -2.26. The standard InChI is InChI=1S/C20H23FN4O/c1-20(2,3)17-10-18(25(24(17)4)12-13-5-6-13)23-19(26)15-9-14(11-22)7-8-16(15)21/h7-10,13H,5-6,12H2,1-4H3. The fourth-order valence-electron chi connectivity index (χ4n) is 3.05.